The monoisotopic (exact) mass is 258 g/mol. The number of hydrogen-bond donors (Lipinski definition) is 1. The number of benzene rings is 1. The van der Waals surface area contributed by atoms with Crippen molar-refractivity contribution in [1.82, 2.24) is 4.90 Å². The van der Waals surface area contributed by atoms with E-state index < -0.39 is 0 Å². The molecule has 0 aromatic heterocycles. The molecular weight excluding hydrogens is 236 g/mol. The molecule has 0 bridgehead atoms. The zero-order chi connectivity index (χ0) is 13.8. The predicted octanol–water partition coefficient (Wildman–Crippen LogP) is 1.42. The first-order valence-corrected chi connectivity index (χ1v) is 6.83. The molecule has 2 atom stereocenters. The van der Waals surface area contributed by atoms with Crippen molar-refractivity contribution >= 4 is 5.69 Å². The Bertz CT molecular complexity index is 465. The number of hydrogen-bond acceptors (Lipinski definition) is 4. The minimum absolute atomic E-state index is 0.459. The maximum atomic E-state index is 9.23. The average molecular weight is 258 g/mol. The molecule has 2 unspecified atom stereocenters. The fraction of sp³-hybridized carbons (Fsp3) is 0.533. The topological polar surface area (TPSA) is 56.3 Å². The molecule has 1 aliphatic heterocycles. The van der Waals surface area contributed by atoms with Gasteiger partial charge in [0.05, 0.1) is 11.3 Å². The van der Waals surface area contributed by atoms with E-state index in [0.29, 0.717) is 18.6 Å². The van der Waals surface area contributed by atoms with Crippen molar-refractivity contribution in [2.75, 3.05) is 31.6 Å². The van der Waals surface area contributed by atoms with Crippen LogP contribution in [0.1, 0.15) is 18.9 Å². The lowest BCUT2D eigenvalue weighted by molar-refractivity contribution is 0.152. The summed E-state index contributed by atoms with van der Waals surface area (Å²) in [7, 11) is 2.17. The highest BCUT2D eigenvalue weighted by Gasteiger charge is 2.29. The maximum Gasteiger partial charge on any atom is 0.101 e. The van der Waals surface area contributed by atoms with Crippen LogP contribution in [0.2, 0.25) is 0 Å². The van der Waals surface area contributed by atoms with E-state index in [4.69, 9.17) is 5.73 Å². The molecular formula is C15H22N4. The summed E-state index contributed by atoms with van der Waals surface area (Å²) in [5, 5.41) is 9.23. The van der Waals surface area contributed by atoms with Gasteiger partial charge >= 0.3 is 0 Å². The fourth-order valence-corrected chi connectivity index (χ4v) is 2.79. The summed E-state index contributed by atoms with van der Waals surface area (Å²) in [4.78, 5) is 4.72. The molecule has 1 aliphatic rings. The van der Waals surface area contributed by atoms with Gasteiger partial charge in [0.15, 0.2) is 0 Å². The Hall–Kier alpha value is -1.57. The Morgan fingerprint density at radius 1 is 1.37 bits per heavy atom. The summed E-state index contributed by atoms with van der Waals surface area (Å²) in [6.45, 7) is 4.83. The number of likely N-dealkylation sites (N-methyl/N-ethyl adjacent to an activating group) is 1. The van der Waals surface area contributed by atoms with Crippen molar-refractivity contribution in [3.05, 3.63) is 29.8 Å². The normalized spacial score (nSPS) is 24.2. The SMILES string of the molecule is CC1CN(c2ccccc2C#N)CC(CCN)N1C. The molecule has 0 radical (unpaired) electrons. The van der Waals surface area contributed by atoms with Gasteiger partial charge in [-0.1, -0.05) is 12.1 Å². The molecule has 0 aliphatic carbocycles. The third kappa shape index (κ3) is 2.89. The highest BCUT2D eigenvalue weighted by Crippen LogP contribution is 2.25. The molecule has 0 amide bonds. The van der Waals surface area contributed by atoms with Crippen LogP contribution in [0.5, 0.6) is 0 Å². The minimum atomic E-state index is 0.459. The molecule has 4 heteroatoms. The largest absolute Gasteiger partial charge is 0.367 e. The number of nitrogens with zero attached hydrogens (tertiary/aromatic N) is 3. The quantitative estimate of drug-likeness (QED) is 0.891. The molecule has 19 heavy (non-hydrogen) atoms. The lowest BCUT2D eigenvalue weighted by Crippen LogP contribution is -2.56. The van der Waals surface area contributed by atoms with Crippen LogP contribution in [-0.4, -0.2) is 43.7 Å². The van der Waals surface area contributed by atoms with E-state index >= 15 is 0 Å². The summed E-state index contributed by atoms with van der Waals surface area (Å²) >= 11 is 0. The Kier molecular flexibility index (Phi) is 4.41. The highest BCUT2D eigenvalue weighted by atomic mass is 15.3. The van der Waals surface area contributed by atoms with Gasteiger partial charge in [0, 0.05) is 25.2 Å². The molecule has 1 aromatic rings. The van der Waals surface area contributed by atoms with Crippen molar-refractivity contribution < 1.29 is 0 Å². The second kappa shape index (κ2) is 6.05. The van der Waals surface area contributed by atoms with Crippen molar-refractivity contribution in [2.45, 2.75) is 25.4 Å². The smallest absolute Gasteiger partial charge is 0.101 e. The second-order valence-corrected chi connectivity index (χ2v) is 5.28. The summed E-state index contributed by atoms with van der Waals surface area (Å²) < 4.78 is 0. The first-order chi connectivity index (χ1) is 9.17. The minimum Gasteiger partial charge on any atom is -0.367 e. The number of nitrogens with two attached hydrogens (primary N) is 1. The molecule has 2 N–H and O–H groups in total. The molecule has 1 fully saturated rings. The molecule has 1 heterocycles. The lowest BCUT2D eigenvalue weighted by atomic mass is 10.0. The van der Waals surface area contributed by atoms with Crippen molar-refractivity contribution in [3.63, 3.8) is 0 Å². The molecule has 1 saturated heterocycles. The second-order valence-electron chi connectivity index (χ2n) is 5.28. The van der Waals surface area contributed by atoms with E-state index in [1.54, 1.807) is 0 Å². The van der Waals surface area contributed by atoms with Crippen LogP contribution in [0, 0.1) is 11.3 Å². The molecule has 0 saturated carbocycles. The standard InChI is InChI=1S/C15H22N4/c1-12-10-19(11-14(7-8-16)18(12)2)15-6-4-3-5-13(15)9-17/h3-6,12,14H,7-8,10-11,16H2,1-2H3. The average Bonchev–Trinajstić information content (AvgIpc) is 2.43. The Morgan fingerprint density at radius 3 is 2.79 bits per heavy atom. The number of nitriles is 1. The van der Waals surface area contributed by atoms with Gasteiger partial charge in [-0.15, -0.1) is 0 Å². The van der Waals surface area contributed by atoms with Crippen LogP contribution in [-0.2, 0) is 0 Å². The van der Waals surface area contributed by atoms with Crippen LogP contribution >= 0.6 is 0 Å². The number of rotatable bonds is 3. The summed E-state index contributed by atoms with van der Waals surface area (Å²) in [5.74, 6) is 0. The predicted molar refractivity (Wildman–Crippen MR) is 78.1 cm³/mol. The van der Waals surface area contributed by atoms with E-state index in [1.807, 2.05) is 24.3 Å². The van der Waals surface area contributed by atoms with Crippen molar-refractivity contribution in [2.24, 2.45) is 5.73 Å². The molecule has 4 nitrogen and oxygen atoms in total. The van der Waals surface area contributed by atoms with Gasteiger partial charge < -0.3 is 10.6 Å². The van der Waals surface area contributed by atoms with Crippen molar-refractivity contribution in [1.29, 1.82) is 5.26 Å². The molecule has 102 valence electrons. The van der Waals surface area contributed by atoms with Gasteiger partial charge in [-0.3, -0.25) is 4.90 Å². The fourth-order valence-electron chi connectivity index (χ4n) is 2.79. The Labute approximate surface area is 115 Å². The van der Waals surface area contributed by atoms with E-state index in [2.05, 4.69) is 29.8 Å². The van der Waals surface area contributed by atoms with Crippen molar-refractivity contribution in [3.8, 4) is 6.07 Å². The van der Waals surface area contributed by atoms with Gasteiger partial charge in [-0.25, -0.2) is 0 Å². The zero-order valence-corrected chi connectivity index (χ0v) is 11.7. The lowest BCUT2D eigenvalue weighted by Gasteiger charge is -2.45. The van der Waals surface area contributed by atoms with E-state index in [9.17, 15) is 5.26 Å². The maximum absolute atomic E-state index is 9.23. The summed E-state index contributed by atoms with van der Waals surface area (Å²) in [6.07, 6.45) is 0.992. The Morgan fingerprint density at radius 2 is 2.11 bits per heavy atom. The third-order valence-electron chi connectivity index (χ3n) is 4.05. The first-order valence-electron chi connectivity index (χ1n) is 6.83. The van der Waals surface area contributed by atoms with Crippen LogP contribution in [0.25, 0.3) is 0 Å². The molecule has 0 spiro atoms. The number of para-hydroxylation sites is 1. The van der Waals surface area contributed by atoms with Crippen LogP contribution < -0.4 is 10.6 Å². The summed E-state index contributed by atoms with van der Waals surface area (Å²) in [5.41, 5.74) is 7.51. The van der Waals surface area contributed by atoms with Gasteiger partial charge in [0.1, 0.15) is 6.07 Å². The first kappa shape index (κ1) is 13.9. The number of anilines is 1. The van der Waals surface area contributed by atoms with Crippen LogP contribution in [0.4, 0.5) is 5.69 Å². The third-order valence-corrected chi connectivity index (χ3v) is 4.05. The van der Waals surface area contributed by atoms with Crippen LogP contribution in [0.3, 0.4) is 0 Å². The zero-order valence-electron chi connectivity index (χ0n) is 11.7. The Balaban J connectivity index is 2.23. The van der Waals surface area contributed by atoms with E-state index in [1.165, 1.54) is 0 Å². The van der Waals surface area contributed by atoms with Gasteiger partial charge in [-0.2, -0.15) is 5.26 Å². The molecule has 1 aromatic carbocycles. The van der Waals surface area contributed by atoms with Crippen LogP contribution in [0.15, 0.2) is 24.3 Å². The van der Waals surface area contributed by atoms with Gasteiger partial charge in [0.25, 0.3) is 0 Å². The highest BCUT2D eigenvalue weighted by molar-refractivity contribution is 5.59. The summed E-state index contributed by atoms with van der Waals surface area (Å²) in [6, 6.07) is 11.0. The van der Waals surface area contributed by atoms with E-state index in [-0.39, 0.29) is 0 Å². The molecule has 2 rings (SSSR count). The van der Waals surface area contributed by atoms with E-state index in [0.717, 1.165) is 30.8 Å². The van der Waals surface area contributed by atoms with Gasteiger partial charge in [0.2, 0.25) is 0 Å². The number of piperazine rings is 1. The van der Waals surface area contributed by atoms with Gasteiger partial charge in [-0.05, 0) is 39.1 Å².